The maximum Gasteiger partial charge on any atom is 0.220 e. The van der Waals surface area contributed by atoms with Gasteiger partial charge >= 0.3 is 0 Å². The monoisotopic (exact) mass is 285 g/mol. The number of carbonyl (C=O) groups excluding carboxylic acids is 1. The molecule has 0 bridgehead atoms. The molecule has 2 atom stereocenters. The van der Waals surface area contributed by atoms with Crippen LogP contribution in [-0.4, -0.2) is 11.9 Å². The number of benzene rings is 1. The molecular weight excluding hydrogens is 258 g/mol. The summed E-state index contributed by atoms with van der Waals surface area (Å²) >= 11 is 0. The molecule has 114 valence electrons. The molecule has 0 aromatic heterocycles. The molecule has 1 N–H and O–H groups in total. The molecule has 2 aliphatic rings. The summed E-state index contributed by atoms with van der Waals surface area (Å²) in [6.07, 6.45) is 10.7. The van der Waals surface area contributed by atoms with Crippen LogP contribution in [0.4, 0.5) is 0 Å². The van der Waals surface area contributed by atoms with Crippen molar-refractivity contribution in [3.05, 3.63) is 35.9 Å². The fourth-order valence-electron chi connectivity index (χ4n) is 3.68. The number of amides is 1. The maximum absolute atomic E-state index is 12.1. The van der Waals surface area contributed by atoms with E-state index >= 15 is 0 Å². The highest BCUT2D eigenvalue weighted by molar-refractivity contribution is 5.76. The van der Waals surface area contributed by atoms with E-state index in [4.69, 9.17) is 0 Å². The van der Waals surface area contributed by atoms with Crippen molar-refractivity contribution in [1.29, 1.82) is 0 Å². The third kappa shape index (κ3) is 4.59. The number of aryl methyl sites for hydroxylation is 1. The zero-order chi connectivity index (χ0) is 14.5. The average Bonchev–Trinajstić information content (AvgIpc) is 3.25. The number of hydrogen-bond acceptors (Lipinski definition) is 1. The van der Waals surface area contributed by atoms with Crippen LogP contribution in [-0.2, 0) is 11.2 Å². The summed E-state index contributed by atoms with van der Waals surface area (Å²) in [6.45, 7) is 0. The van der Waals surface area contributed by atoms with E-state index in [-0.39, 0.29) is 0 Å². The molecule has 2 nitrogen and oxygen atoms in total. The number of nitrogens with one attached hydrogen (secondary N) is 1. The lowest BCUT2D eigenvalue weighted by Crippen LogP contribution is -2.36. The summed E-state index contributed by atoms with van der Waals surface area (Å²) in [7, 11) is 0. The highest BCUT2D eigenvalue weighted by atomic mass is 16.1. The van der Waals surface area contributed by atoms with E-state index in [1.54, 1.807) is 0 Å². The lowest BCUT2D eigenvalue weighted by molar-refractivity contribution is -0.122. The van der Waals surface area contributed by atoms with Gasteiger partial charge in [-0.25, -0.2) is 0 Å². The van der Waals surface area contributed by atoms with Crippen LogP contribution in [0.3, 0.4) is 0 Å². The summed E-state index contributed by atoms with van der Waals surface area (Å²) in [4.78, 5) is 12.1. The first-order valence-corrected chi connectivity index (χ1v) is 8.64. The van der Waals surface area contributed by atoms with Gasteiger partial charge in [0.2, 0.25) is 5.91 Å². The quantitative estimate of drug-likeness (QED) is 0.838. The van der Waals surface area contributed by atoms with Gasteiger partial charge in [0, 0.05) is 12.5 Å². The Labute approximate surface area is 128 Å². The summed E-state index contributed by atoms with van der Waals surface area (Å²) in [5, 5.41) is 3.25. The van der Waals surface area contributed by atoms with Gasteiger partial charge in [-0.05, 0) is 49.5 Å². The Morgan fingerprint density at radius 3 is 2.57 bits per heavy atom. The Bertz CT molecular complexity index is 450. The van der Waals surface area contributed by atoms with Crippen molar-refractivity contribution >= 4 is 5.91 Å². The second-order valence-electron chi connectivity index (χ2n) is 6.89. The lowest BCUT2D eigenvalue weighted by Gasteiger charge is -2.22. The standard InChI is InChI=1S/C19H27NO/c21-19(20-18-9-5-2-6-10-18)14-17-13-16(17)12-11-15-7-3-1-4-8-15/h1,3-4,7-8,16-18H,2,5-6,9-14H2,(H,20,21). The Morgan fingerprint density at radius 2 is 1.81 bits per heavy atom. The molecule has 0 heterocycles. The zero-order valence-corrected chi connectivity index (χ0v) is 12.9. The highest BCUT2D eigenvalue weighted by Crippen LogP contribution is 2.44. The predicted octanol–water partition coefficient (Wildman–Crippen LogP) is 4.09. The molecule has 0 aliphatic heterocycles. The van der Waals surface area contributed by atoms with Crippen LogP contribution < -0.4 is 5.32 Å². The first kappa shape index (κ1) is 14.6. The van der Waals surface area contributed by atoms with Gasteiger partial charge in [0.25, 0.3) is 0 Å². The summed E-state index contributed by atoms with van der Waals surface area (Å²) in [5.41, 5.74) is 1.43. The van der Waals surface area contributed by atoms with Gasteiger partial charge in [-0.1, -0.05) is 49.6 Å². The molecule has 1 aromatic carbocycles. The van der Waals surface area contributed by atoms with Crippen LogP contribution in [0, 0.1) is 11.8 Å². The number of rotatable bonds is 6. The minimum Gasteiger partial charge on any atom is -0.353 e. The van der Waals surface area contributed by atoms with Crippen molar-refractivity contribution < 1.29 is 4.79 Å². The van der Waals surface area contributed by atoms with Crippen molar-refractivity contribution in [3.8, 4) is 0 Å². The lowest BCUT2D eigenvalue weighted by atomic mass is 9.95. The van der Waals surface area contributed by atoms with Crippen molar-refractivity contribution in [2.45, 2.75) is 63.8 Å². The molecule has 1 amide bonds. The van der Waals surface area contributed by atoms with Crippen molar-refractivity contribution in [3.63, 3.8) is 0 Å². The van der Waals surface area contributed by atoms with Crippen molar-refractivity contribution in [2.24, 2.45) is 11.8 Å². The van der Waals surface area contributed by atoms with E-state index in [9.17, 15) is 4.79 Å². The van der Waals surface area contributed by atoms with Crippen LogP contribution in [0.15, 0.2) is 30.3 Å². The van der Waals surface area contributed by atoms with Gasteiger partial charge < -0.3 is 5.32 Å². The van der Waals surface area contributed by atoms with Gasteiger partial charge in [0.05, 0.1) is 0 Å². The van der Waals surface area contributed by atoms with E-state index < -0.39 is 0 Å². The van der Waals surface area contributed by atoms with E-state index in [1.165, 1.54) is 50.5 Å². The van der Waals surface area contributed by atoms with Gasteiger partial charge in [0.15, 0.2) is 0 Å². The Morgan fingerprint density at radius 1 is 1.05 bits per heavy atom. The SMILES string of the molecule is O=C(CC1CC1CCc1ccccc1)NC1CCCCC1. The minimum atomic E-state index is 0.300. The number of carbonyl (C=O) groups is 1. The van der Waals surface area contributed by atoms with Gasteiger partial charge in [-0.15, -0.1) is 0 Å². The first-order chi connectivity index (χ1) is 10.3. The molecule has 2 aliphatic carbocycles. The van der Waals surface area contributed by atoms with Crippen molar-refractivity contribution in [1.82, 2.24) is 5.32 Å². The highest BCUT2D eigenvalue weighted by Gasteiger charge is 2.37. The molecule has 2 saturated carbocycles. The molecular formula is C19H27NO. The molecule has 1 aromatic rings. The number of hydrogen-bond donors (Lipinski definition) is 1. The molecule has 2 fully saturated rings. The Balaban J connectivity index is 1.33. The molecule has 2 heteroatoms. The van der Waals surface area contributed by atoms with Gasteiger partial charge in [0.1, 0.15) is 0 Å². The van der Waals surface area contributed by atoms with Crippen LogP contribution >= 0.6 is 0 Å². The maximum atomic E-state index is 12.1. The van der Waals surface area contributed by atoms with Crippen LogP contribution in [0.5, 0.6) is 0 Å². The third-order valence-electron chi connectivity index (χ3n) is 5.13. The Kier molecular flexibility index (Phi) is 4.95. The summed E-state index contributed by atoms with van der Waals surface area (Å²) in [5.74, 6) is 1.73. The first-order valence-electron chi connectivity index (χ1n) is 8.64. The molecule has 21 heavy (non-hydrogen) atoms. The molecule has 3 rings (SSSR count). The summed E-state index contributed by atoms with van der Waals surface area (Å²) in [6, 6.07) is 11.2. The van der Waals surface area contributed by atoms with E-state index in [0.29, 0.717) is 17.9 Å². The van der Waals surface area contributed by atoms with Crippen LogP contribution in [0.1, 0.15) is 56.9 Å². The van der Waals surface area contributed by atoms with Crippen molar-refractivity contribution in [2.75, 3.05) is 0 Å². The smallest absolute Gasteiger partial charge is 0.220 e. The second kappa shape index (κ2) is 7.11. The molecule has 0 saturated heterocycles. The normalized spacial score (nSPS) is 25.5. The van der Waals surface area contributed by atoms with E-state index in [0.717, 1.165) is 18.8 Å². The fourth-order valence-corrected chi connectivity index (χ4v) is 3.68. The van der Waals surface area contributed by atoms with Crippen LogP contribution in [0.2, 0.25) is 0 Å². The zero-order valence-electron chi connectivity index (χ0n) is 12.9. The van der Waals surface area contributed by atoms with Crippen LogP contribution in [0.25, 0.3) is 0 Å². The largest absolute Gasteiger partial charge is 0.353 e. The predicted molar refractivity (Wildman–Crippen MR) is 86.0 cm³/mol. The molecule has 0 spiro atoms. The summed E-state index contributed by atoms with van der Waals surface area (Å²) < 4.78 is 0. The second-order valence-corrected chi connectivity index (χ2v) is 6.89. The van der Waals surface area contributed by atoms with Gasteiger partial charge in [-0.3, -0.25) is 4.79 Å². The van der Waals surface area contributed by atoms with Gasteiger partial charge in [-0.2, -0.15) is 0 Å². The Hall–Kier alpha value is -1.31. The van der Waals surface area contributed by atoms with E-state index in [2.05, 4.69) is 35.6 Å². The molecule has 0 radical (unpaired) electrons. The fraction of sp³-hybridized carbons (Fsp3) is 0.632. The third-order valence-corrected chi connectivity index (χ3v) is 5.13. The topological polar surface area (TPSA) is 29.1 Å². The minimum absolute atomic E-state index is 0.300. The van der Waals surface area contributed by atoms with E-state index in [1.807, 2.05) is 0 Å². The average molecular weight is 285 g/mol. The molecule has 2 unspecified atom stereocenters.